The van der Waals surface area contributed by atoms with E-state index in [0.29, 0.717) is 0 Å². The highest BCUT2D eigenvalue weighted by atomic mass is 15.1. The molecule has 90 heavy (non-hydrogen) atoms. The second-order valence-corrected chi connectivity index (χ2v) is 25.7. The van der Waals surface area contributed by atoms with E-state index in [1.807, 2.05) is 6.20 Å². The van der Waals surface area contributed by atoms with Crippen LogP contribution >= 0.6 is 0 Å². The summed E-state index contributed by atoms with van der Waals surface area (Å²) in [5.74, 6) is 1.95. The molecular formula is C83H63N7. The average Bonchev–Trinajstić information content (AvgIpc) is 1.53. The molecule has 430 valence electrons. The molecule has 0 fully saturated rings. The molecule has 0 aliphatic carbocycles. The molecule has 0 N–H and O–H groups in total. The van der Waals surface area contributed by atoms with Crippen LogP contribution < -0.4 is 0 Å². The molecule has 5 heterocycles. The predicted molar refractivity (Wildman–Crippen MR) is 374 cm³/mol. The lowest BCUT2D eigenvalue weighted by molar-refractivity contribution is 0.542. The van der Waals surface area contributed by atoms with Crippen LogP contribution in [0.2, 0.25) is 0 Å². The van der Waals surface area contributed by atoms with E-state index in [9.17, 15) is 0 Å². The number of imidazole rings is 2. The molecule has 0 radical (unpaired) electrons. The minimum Gasteiger partial charge on any atom is -0.279 e. The zero-order valence-corrected chi connectivity index (χ0v) is 51.1. The number of para-hydroxylation sites is 4. The molecule has 0 bridgehead atoms. The molecule has 7 heteroatoms. The monoisotopic (exact) mass is 1160 g/mol. The van der Waals surface area contributed by atoms with Gasteiger partial charge in [-0.05, 0) is 168 Å². The van der Waals surface area contributed by atoms with Gasteiger partial charge in [-0.3, -0.25) is 13.8 Å². The number of pyridine rings is 1. The maximum Gasteiger partial charge on any atom is 0.148 e. The van der Waals surface area contributed by atoms with E-state index in [1.165, 1.54) is 11.1 Å². The molecule has 0 aliphatic heterocycles. The highest BCUT2D eigenvalue weighted by Crippen LogP contribution is 2.44. The molecule has 0 aliphatic rings. The smallest absolute Gasteiger partial charge is 0.148 e. The van der Waals surface area contributed by atoms with Crippen molar-refractivity contribution in [3.8, 4) is 100 Å². The maximum atomic E-state index is 5.49. The lowest BCUT2D eigenvalue weighted by atomic mass is 9.86. The molecule has 0 saturated heterocycles. The fourth-order valence-corrected chi connectivity index (χ4v) is 13.3. The first kappa shape index (κ1) is 54.3. The van der Waals surface area contributed by atoms with Gasteiger partial charge in [0.25, 0.3) is 0 Å². The molecule has 5 aromatic heterocycles. The van der Waals surface area contributed by atoms with Gasteiger partial charge in [-0.1, -0.05) is 230 Å². The molecule has 0 amide bonds. The van der Waals surface area contributed by atoms with Gasteiger partial charge < -0.3 is 0 Å². The Bertz CT molecular complexity index is 5250. The van der Waals surface area contributed by atoms with Crippen molar-refractivity contribution in [1.82, 2.24) is 33.7 Å². The van der Waals surface area contributed by atoms with Gasteiger partial charge in [0.05, 0.1) is 38.8 Å². The number of hydrogen-bond donors (Lipinski definition) is 0. The number of fused-ring (bicyclic) bond motifs is 10. The molecular weight excluding hydrogens is 1090 g/mol. The van der Waals surface area contributed by atoms with Crippen LogP contribution in [0.3, 0.4) is 0 Å². The first-order valence-electron chi connectivity index (χ1n) is 31.0. The zero-order chi connectivity index (χ0) is 60.8. The first-order valence-corrected chi connectivity index (χ1v) is 31.0. The summed E-state index contributed by atoms with van der Waals surface area (Å²) in [6.45, 7) is 13.4. The molecule has 0 spiro atoms. The molecule has 0 unspecified atom stereocenters. The van der Waals surface area contributed by atoms with Crippen molar-refractivity contribution in [3.05, 3.63) is 285 Å². The van der Waals surface area contributed by atoms with Crippen LogP contribution in [0, 0.1) is 0 Å². The van der Waals surface area contributed by atoms with Crippen molar-refractivity contribution >= 4 is 55.2 Å². The third kappa shape index (κ3) is 9.49. The van der Waals surface area contributed by atoms with Gasteiger partial charge in [0.1, 0.15) is 22.9 Å². The first-order chi connectivity index (χ1) is 43.9. The Kier molecular flexibility index (Phi) is 12.9. The molecule has 7 nitrogen and oxygen atoms in total. The van der Waals surface area contributed by atoms with E-state index < -0.39 is 0 Å². The van der Waals surface area contributed by atoms with Crippen molar-refractivity contribution in [2.45, 2.75) is 52.4 Å². The topological polar surface area (TPSA) is 73.3 Å². The maximum absolute atomic E-state index is 5.49. The highest BCUT2D eigenvalue weighted by molar-refractivity contribution is 6.02. The zero-order valence-electron chi connectivity index (χ0n) is 51.1. The minimum absolute atomic E-state index is 0.254. The summed E-state index contributed by atoms with van der Waals surface area (Å²) in [5, 5.41) is 2.03. The predicted octanol–water partition coefficient (Wildman–Crippen LogP) is 21.4. The Morgan fingerprint density at radius 3 is 1.07 bits per heavy atom. The van der Waals surface area contributed by atoms with Crippen molar-refractivity contribution in [3.63, 3.8) is 0 Å². The quantitative estimate of drug-likeness (QED) is 0.144. The van der Waals surface area contributed by atoms with Crippen LogP contribution in [-0.4, -0.2) is 33.7 Å². The summed E-state index contributed by atoms with van der Waals surface area (Å²) >= 11 is 0. The van der Waals surface area contributed by atoms with Gasteiger partial charge >= 0.3 is 0 Å². The third-order valence-corrected chi connectivity index (χ3v) is 17.7. The second-order valence-electron chi connectivity index (χ2n) is 25.7. The normalized spacial score (nSPS) is 12.1. The van der Waals surface area contributed by atoms with Crippen LogP contribution in [0.15, 0.2) is 273 Å². The van der Waals surface area contributed by atoms with E-state index in [-0.39, 0.29) is 10.8 Å². The van der Waals surface area contributed by atoms with E-state index in [0.717, 1.165) is 156 Å². The van der Waals surface area contributed by atoms with Crippen LogP contribution in [0.5, 0.6) is 0 Å². The van der Waals surface area contributed by atoms with E-state index in [1.54, 1.807) is 0 Å². The van der Waals surface area contributed by atoms with E-state index >= 15 is 0 Å². The summed E-state index contributed by atoms with van der Waals surface area (Å²) in [7, 11) is 0. The average molecular weight is 1160 g/mol. The Labute approximate surface area is 523 Å². The number of hydrogen-bond acceptors (Lipinski definition) is 5. The summed E-state index contributed by atoms with van der Waals surface area (Å²) in [5.41, 5.74) is 27.2. The van der Waals surface area contributed by atoms with E-state index in [2.05, 4.69) is 317 Å². The fraction of sp³-hybridized carbons (Fsp3) is 0.0964. The molecule has 11 aromatic carbocycles. The fourth-order valence-electron chi connectivity index (χ4n) is 13.3. The van der Waals surface area contributed by atoms with Gasteiger partial charge in [0.2, 0.25) is 0 Å². The second kappa shape index (κ2) is 21.3. The Morgan fingerprint density at radius 1 is 0.256 bits per heavy atom. The summed E-state index contributed by atoms with van der Waals surface area (Å²) in [6, 6.07) is 96.2. The molecule has 0 saturated carbocycles. The molecule has 0 atom stereocenters. The Balaban J connectivity index is 0.837. The van der Waals surface area contributed by atoms with Crippen molar-refractivity contribution in [2.75, 3.05) is 0 Å². The van der Waals surface area contributed by atoms with Gasteiger partial charge in [0.15, 0.2) is 0 Å². The van der Waals surface area contributed by atoms with E-state index in [4.69, 9.17) is 24.9 Å². The Hall–Kier alpha value is -11.2. The lowest BCUT2D eigenvalue weighted by Gasteiger charge is -2.21. The van der Waals surface area contributed by atoms with Crippen LogP contribution in [0.4, 0.5) is 0 Å². The molecule has 16 rings (SSSR count). The van der Waals surface area contributed by atoms with Gasteiger partial charge in [-0.15, -0.1) is 0 Å². The molecule has 16 aromatic rings. The third-order valence-electron chi connectivity index (χ3n) is 17.7. The van der Waals surface area contributed by atoms with Crippen LogP contribution in [0.25, 0.3) is 155 Å². The number of rotatable bonds is 9. The van der Waals surface area contributed by atoms with Gasteiger partial charge in [-0.2, -0.15) is 0 Å². The van der Waals surface area contributed by atoms with Crippen LogP contribution in [-0.2, 0) is 10.8 Å². The van der Waals surface area contributed by atoms with Gasteiger partial charge in [0, 0.05) is 33.4 Å². The number of aromatic nitrogens is 7. The van der Waals surface area contributed by atoms with Crippen molar-refractivity contribution in [2.24, 2.45) is 0 Å². The highest BCUT2D eigenvalue weighted by Gasteiger charge is 2.26. The summed E-state index contributed by atoms with van der Waals surface area (Å²) < 4.78 is 4.51. The van der Waals surface area contributed by atoms with Crippen molar-refractivity contribution in [1.29, 1.82) is 0 Å². The van der Waals surface area contributed by atoms with Crippen LogP contribution in [0.1, 0.15) is 53.2 Å². The van der Waals surface area contributed by atoms with Crippen molar-refractivity contribution < 1.29 is 0 Å². The summed E-state index contributed by atoms with van der Waals surface area (Å²) in [4.78, 5) is 26.3. The minimum atomic E-state index is -0.254. The number of nitrogens with zero attached hydrogens (tertiary/aromatic N) is 7. The summed E-state index contributed by atoms with van der Waals surface area (Å²) in [6.07, 6.45) is 1.92. The lowest BCUT2D eigenvalue weighted by Crippen LogP contribution is -2.19. The standard InChI is InChI=1S/C83H63N7/c1-82(2,3)80-87-74-50-58(40-42-69(74)78-85-71-28-16-18-30-76(71)89(78)80)64-23-11-14-26-67(64)61-46-60(66-25-13-10-22-63(66)55-36-38-56(39-37-55)73-49-57(44-45-84-73)54-34-32-53(33-35-54)52-20-8-7-9-21-52)47-62(48-61)68-27-15-12-24-65(68)59-41-43-70-75(51-59)88-81(83(4,5)6)90-77-31-19-17-29-72(77)86-79(70)90/h7-51H,1-6H3. The van der Waals surface area contributed by atoms with Gasteiger partial charge in [-0.25, -0.2) is 19.9 Å². The largest absolute Gasteiger partial charge is 0.279 e. The SMILES string of the molecule is CC(C)(C)c1nc2cc(-c3ccccc3-c3cc(-c4ccccc4-c4ccc(-c5cc(-c6ccc(-c7ccccc7)cc6)ccn5)cc4)cc(-c4ccccc4-c4ccc5c(c4)nc(C(C)(C)C)n4c6ccccc6nc54)c3)ccc2c2nc3ccccc3n12. The number of benzene rings is 11. The Morgan fingerprint density at radius 2 is 0.611 bits per heavy atom.